The van der Waals surface area contributed by atoms with Crippen molar-refractivity contribution in [1.29, 1.82) is 0 Å². The molecule has 1 atom stereocenters. The predicted molar refractivity (Wildman–Crippen MR) is 71.0 cm³/mol. The van der Waals surface area contributed by atoms with Crippen LogP contribution in [0.3, 0.4) is 0 Å². The van der Waals surface area contributed by atoms with Crippen LogP contribution in [0.25, 0.3) is 0 Å². The number of fused-ring (bicyclic) bond motifs is 1. The average Bonchev–Trinajstić information content (AvgIpc) is 2.72. The van der Waals surface area contributed by atoms with E-state index >= 15 is 0 Å². The van der Waals surface area contributed by atoms with Gasteiger partial charge in [-0.1, -0.05) is 18.2 Å². The molecule has 0 unspecified atom stereocenters. The zero-order valence-corrected chi connectivity index (χ0v) is 10.7. The lowest BCUT2D eigenvalue weighted by Crippen LogP contribution is -2.35. The summed E-state index contributed by atoms with van der Waals surface area (Å²) in [6, 6.07) is 10.4. The van der Waals surface area contributed by atoms with Crippen LogP contribution in [-0.4, -0.2) is 18.1 Å². The first kappa shape index (κ1) is 12.6. The lowest BCUT2D eigenvalue weighted by atomic mass is 9.87. The number of hydrogen-bond donors (Lipinski definition) is 2. The molecule has 5 heteroatoms. The summed E-state index contributed by atoms with van der Waals surface area (Å²) >= 11 is 0. The molecule has 2 aromatic rings. The van der Waals surface area contributed by atoms with Crippen molar-refractivity contribution in [2.45, 2.75) is 5.60 Å². The van der Waals surface area contributed by atoms with Crippen molar-refractivity contribution < 1.29 is 19.0 Å². The van der Waals surface area contributed by atoms with Gasteiger partial charge in [-0.2, -0.15) is 0 Å². The molecule has 0 spiro atoms. The number of halogens is 1. The standard InChI is InChI=1S/C15H12FNO3/c1-20-13-5-3-2-4-10(13)15(19)11-8-9(16)6-7-12(11)17-14(15)18/h2-8,19H,1H3,(H,17,18)/t15-/m1/s1. The van der Waals surface area contributed by atoms with Crippen LogP contribution in [0.4, 0.5) is 10.1 Å². The van der Waals surface area contributed by atoms with Gasteiger partial charge in [-0.05, 0) is 24.3 Å². The second-order valence-corrected chi connectivity index (χ2v) is 4.55. The first-order valence-electron chi connectivity index (χ1n) is 6.04. The SMILES string of the molecule is COc1ccccc1[C@]1(O)C(=O)Nc2ccc(F)cc21. The second kappa shape index (κ2) is 4.31. The number of benzene rings is 2. The van der Waals surface area contributed by atoms with Gasteiger partial charge in [0.15, 0.2) is 5.60 Å². The summed E-state index contributed by atoms with van der Waals surface area (Å²) in [6.45, 7) is 0. The number of carbonyl (C=O) groups excluding carboxylic acids is 1. The molecule has 0 saturated carbocycles. The molecule has 0 bridgehead atoms. The lowest BCUT2D eigenvalue weighted by Gasteiger charge is -2.23. The molecule has 1 amide bonds. The minimum absolute atomic E-state index is 0.187. The van der Waals surface area contributed by atoms with E-state index in [-0.39, 0.29) is 11.1 Å². The molecule has 0 aliphatic carbocycles. The molecule has 2 aromatic carbocycles. The molecule has 2 N–H and O–H groups in total. The van der Waals surface area contributed by atoms with Crippen molar-refractivity contribution in [3.63, 3.8) is 0 Å². The molecule has 1 heterocycles. The molecule has 3 rings (SSSR count). The first-order chi connectivity index (χ1) is 9.57. The third-order valence-electron chi connectivity index (χ3n) is 3.44. The minimum atomic E-state index is -1.95. The van der Waals surface area contributed by atoms with Crippen molar-refractivity contribution >= 4 is 11.6 Å². The van der Waals surface area contributed by atoms with Gasteiger partial charge in [0.05, 0.1) is 7.11 Å². The number of methoxy groups -OCH3 is 1. The van der Waals surface area contributed by atoms with Gasteiger partial charge in [0.2, 0.25) is 0 Å². The largest absolute Gasteiger partial charge is 0.496 e. The van der Waals surface area contributed by atoms with E-state index in [0.717, 1.165) is 6.07 Å². The molecular formula is C15H12FNO3. The Balaban J connectivity index is 2.27. The smallest absolute Gasteiger partial charge is 0.266 e. The summed E-state index contributed by atoms with van der Waals surface area (Å²) in [4.78, 5) is 12.2. The Kier molecular flexibility index (Phi) is 2.72. The maximum atomic E-state index is 13.4. The summed E-state index contributed by atoms with van der Waals surface area (Å²) < 4.78 is 18.6. The van der Waals surface area contributed by atoms with Crippen molar-refractivity contribution in [2.24, 2.45) is 0 Å². The van der Waals surface area contributed by atoms with Crippen molar-refractivity contribution in [2.75, 3.05) is 12.4 Å². The van der Waals surface area contributed by atoms with Crippen LogP contribution in [0.15, 0.2) is 42.5 Å². The van der Waals surface area contributed by atoms with Gasteiger partial charge in [-0.15, -0.1) is 0 Å². The van der Waals surface area contributed by atoms with Gasteiger partial charge in [0.25, 0.3) is 5.91 Å². The number of anilines is 1. The highest BCUT2D eigenvalue weighted by Gasteiger charge is 2.48. The second-order valence-electron chi connectivity index (χ2n) is 4.55. The molecule has 102 valence electrons. The topological polar surface area (TPSA) is 58.6 Å². The molecule has 0 aromatic heterocycles. The Labute approximate surface area is 114 Å². The van der Waals surface area contributed by atoms with E-state index in [1.54, 1.807) is 24.3 Å². The van der Waals surface area contributed by atoms with Crippen LogP contribution in [-0.2, 0) is 10.4 Å². The Morgan fingerprint density at radius 1 is 1.20 bits per heavy atom. The molecule has 1 aliphatic rings. The molecule has 0 fully saturated rings. The summed E-state index contributed by atoms with van der Waals surface area (Å²) in [7, 11) is 1.45. The van der Waals surface area contributed by atoms with E-state index in [4.69, 9.17) is 4.74 Å². The van der Waals surface area contributed by atoms with Gasteiger partial charge >= 0.3 is 0 Å². The summed E-state index contributed by atoms with van der Waals surface area (Å²) in [5.74, 6) is -0.779. The summed E-state index contributed by atoms with van der Waals surface area (Å²) in [6.07, 6.45) is 0. The average molecular weight is 273 g/mol. The zero-order valence-electron chi connectivity index (χ0n) is 10.7. The Bertz CT molecular complexity index is 701. The highest BCUT2D eigenvalue weighted by atomic mass is 19.1. The third-order valence-corrected chi connectivity index (χ3v) is 3.44. The monoisotopic (exact) mass is 273 g/mol. The van der Waals surface area contributed by atoms with Crippen LogP contribution < -0.4 is 10.1 Å². The zero-order chi connectivity index (χ0) is 14.3. The number of ether oxygens (including phenoxy) is 1. The minimum Gasteiger partial charge on any atom is -0.496 e. The van der Waals surface area contributed by atoms with E-state index in [9.17, 15) is 14.3 Å². The number of hydrogen-bond acceptors (Lipinski definition) is 3. The maximum absolute atomic E-state index is 13.4. The van der Waals surface area contributed by atoms with Crippen molar-refractivity contribution in [3.05, 3.63) is 59.4 Å². The number of amides is 1. The summed E-state index contributed by atoms with van der Waals surface area (Å²) in [5.41, 5.74) is -1.09. The molecule has 0 radical (unpaired) electrons. The van der Waals surface area contributed by atoms with E-state index < -0.39 is 17.3 Å². The number of rotatable bonds is 2. The Hall–Kier alpha value is -2.40. The van der Waals surface area contributed by atoms with Crippen molar-refractivity contribution in [3.8, 4) is 5.75 Å². The van der Waals surface area contributed by atoms with Crippen LogP contribution in [0.1, 0.15) is 11.1 Å². The fourth-order valence-electron chi connectivity index (χ4n) is 2.47. The number of carbonyl (C=O) groups is 1. The van der Waals surface area contributed by atoms with Crippen LogP contribution in [0, 0.1) is 5.82 Å². The molecular weight excluding hydrogens is 261 g/mol. The van der Waals surface area contributed by atoms with E-state index in [0.29, 0.717) is 11.4 Å². The Morgan fingerprint density at radius 2 is 1.95 bits per heavy atom. The normalized spacial score (nSPS) is 20.4. The van der Waals surface area contributed by atoms with Gasteiger partial charge in [-0.3, -0.25) is 4.79 Å². The third kappa shape index (κ3) is 1.60. The number of nitrogens with one attached hydrogen (secondary N) is 1. The lowest BCUT2D eigenvalue weighted by molar-refractivity contribution is -0.129. The van der Waals surface area contributed by atoms with Gasteiger partial charge in [0, 0.05) is 16.8 Å². The molecule has 20 heavy (non-hydrogen) atoms. The van der Waals surface area contributed by atoms with Gasteiger partial charge < -0.3 is 15.2 Å². The van der Waals surface area contributed by atoms with Crippen molar-refractivity contribution in [1.82, 2.24) is 0 Å². The summed E-state index contributed by atoms with van der Waals surface area (Å²) in [5, 5.41) is 13.4. The molecule has 4 nitrogen and oxygen atoms in total. The van der Waals surface area contributed by atoms with E-state index in [2.05, 4.69) is 5.32 Å². The molecule has 1 aliphatic heterocycles. The number of aliphatic hydroxyl groups is 1. The van der Waals surface area contributed by atoms with Gasteiger partial charge in [-0.25, -0.2) is 4.39 Å². The van der Waals surface area contributed by atoms with E-state index in [1.807, 2.05) is 0 Å². The van der Waals surface area contributed by atoms with Crippen LogP contribution >= 0.6 is 0 Å². The number of para-hydroxylation sites is 1. The van der Waals surface area contributed by atoms with Crippen LogP contribution in [0.2, 0.25) is 0 Å². The first-order valence-corrected chi connectivity index (χ1v) is 6.04. The van der Waals surface area contributed by atoms with Crippen LogP contribution in [0.5, 0.6) is 5.75 Å². The quantitative estimate of drug-likeness (QED) is 0.880. The fourth-order valence-corrected chi connectivity index (χ4v) is 2.47. The highest BCUT2D eigenvalue weighted by molar-refractivity contribution is 6.07. The fraction of sp³-hybridized carbons (Fsp3) is 0.133. The Morgan fingerprint density at radius 3 is 2.70 bits per heavy atom. The van der Waals surface area contributed by atoms with Gasteiger partial charge in [0.1, 0.15) is 11.6 Å². The van der Waals surface area contributed by atoms with E-state index in [1.165, 1.54) is 19.2 Å². The predicted octanol–water partition coefficient (Wildman–Crippen LogP) is 2.02. The highest BCUT2D eigenvalue weighted by Crippen LogP contribution is 2.44. The molecule has 0 saturated heterocycles. The maximum Gasteiger partial charge on any atom is 0.266 e.